The van der Waals surface area contributed by atoms with Gasteiger partial charge in [0, 0.05) is 19.4 Å². The maximum Gasteiger partial charge on any atom is 0.230 e. The molecule has 2 aromatic carbocycles. The molecule has 0 bridgehead atoms. The fourth-order valence-corrected chi connectivity index (χ4v) is 4.26. The highest BCUT2D eigenvalue weighted by molar-refractivity contribution is 7.89. The lowest BCUT2D eigenvalue weighted by Crippen LogP contribution is -2.12. The molecule has 0 saturated heterocycles. The van der Waals surface area contributed by atoms with Crippen molar-refractivity contribution in [2.75, 3.05) is 18.2 Å². The molecule has 3 aromatic rings. The molecule has 3 rings (SSSR count). The summed E-state index contributed by atoms with van der Waals surface area (Å²) in [6, 6.07) is 11.3. The van der Waals surface area contributed by atoms with Gasteiger partial charge in [-0.2, -0.15) is 4.98 Å². The Kier molecular flexibility index (Phi) is 8.32. The number of rotatable bonds is 11. The predicted octanol–water partition coefficient (Wildman–Crippen LogP) is 5.42. The molecule has 0 saturated carbocycles. The quantitative estimate of drug-likeness (QED) is 0.397. The number of nitrogens with one attached hydrogen (secondary N) is 1. The number of hydrogen-bond donors (Lipinski definition) is 1. The fourth-order valence-electron chi connectivity index (χ4n) is 3.48. The SMILES string of the molecule is CCCC(CC)COc1cc(F)ccc1-c1ncnc(Nc2cccc(CS(C)(=O)=O)c2)n1.[HH]. The summed E-state index contributed by atoms with van der Waals surface area (Å²) in [6.07, 6.45) is 5.64. The fraction of sp³-hybridized carbons (Fsp3) is 0.375. The maximum atomic E-state index is 14.0. The number of sulfone groups is 1. The van der Waals surface area contributed by atoms with E-state index in [1.165, 1.54) is 24.7 Å². The number of aromatic nitrogens is 3. The van der Waals surface area contributed by atoms with Gasteiger partial charge in [-0.05, 0) is 42.2 Å². The second kappa shape index (κ2) is 11.2. The third-order valence-corrected chi connectivity index (χ3v) is 5.97. The zero-order valence-corrected chi connectivity index (χ0v) is 19.9. The Labute approximate surface area is 195 Å². The molecule has 1 unspecified atom stereocenters. The number of hydrogen-bond acceptors (Lipinski definition) is 7. The van der Waals surface area contributed by atoms with Gasteiger partial charge in [-0.15, -0.1) is 0 Å². The van der Waals surface area contributed by atoms with Crippen LogP contribution < -0.4 is 10.1 Å². The largest absolute Gasteiger partial charge is 0.492 e. The van der Waals surface area contributed by atoms with Crippen LogP contribution in [0, 0.1) is 11.7 Å². The van der Waals surface area contributed by atoms with Crippen molar-refractivity contribution in [3.8, 4) is 17.1 Å². The van der Waals surface area contributed by atoms with Crippen molar-refractivity contribution < 1.29 is 19.0 Å². The third kappa shape index (κ3) is 7.49. The van der Waals surface area contributed by atoms with Gasteiger partial charge in [0.25, 0.3) is 0 Å². The molecular weight excluding hydrogens is 443 g/mol. The third-order valence-electron chi connectivity index (χ3n) is 5.12. The standard InChI is InChI=1S/C24H29FN4O3S.H2/c1-4-7-17(5-2)14-32-22-13-19(25)10-11-21(22)23-26-16-27-24(29-23)28-20-9-6-8-18(12-20)15-33(3,30)31;/h6,8-13,16-17H,4-5,7,14-15H2,1-3H3,(H,26,27,28,29);1H. The van der Waals surface area contributed by atoms with E-state index >= 15 is 0 Å². The second-order valence-corrected chi connectivity index (χ2v) is 10.2. The van der Waals surface area contributed by atoms with Crippen molar-refractivity contribution in [1.29, 1.82) is 0 Å². The molecule has 33 heavy (non-hydrogen) atoms. The number of halogens is 1. The molecule has 0 aliphatic rings. The van der Waals surface area contributed by atoms with Crippen LogP contribution >= 0.6 is 0 Å². The van der Waals surface area contributed by atoms with Gasteiger partial charge in [-0.1, -0.05) is 38.8 Å². The molecule has 9 heteroatoms. The van der Waals surface area contributed by atoms with Crippen LogP contribution in [0.3, 0.4) is 0 Å². The summed E-state index contributed by atoms with van der Waals surface area (Å²) in [5.41, 5.74) is 1.87. The zero-order valence-electron chi connectivity index (χ0n) is 19.1. The van der Waals surface area contributed by atoms with Crippen LogP contribution in [-0.2, 0) is 15.6 Å². The highest BCUT2D eigenvalue weighted by Gasteiger charge is 2.14. The summed E-state index contributed by atoms with van der Waals surface area (Å²) in [5.74, 6) is 0.950. The van der Waals surface area contributed by atoms with Gasteiger partial charge in [0.15, 0.2) is 15.7 Å². The maximum absolute atomic E-state index is 14.0. The lowest BCUT2D eigenvalue weighted by Gasteiger charge is -2.17. The molecule has 0 aliphatic heterocycles. The van der Waals surface area contributed by atoms with E-state index in [-0.39, 0.29) is 13.1 Å². The van der Waals surface area contributed by atoms with Crippen molar-refractivity contribution in [2.45, 2.75) is 38.9 Å². The van der Waals surface area contributed by atoms with Gasteiger partial charge < -0.3 is 10.1 Å². The minimum absolute atomic E-state index is 0. The van der Waals surface area contributed by atoms with Gasteiger partial charge in [-0.3, -0.25) is 0 Å². The smallest absolute Gasteiger partial charge is 0.230 e. The summed E-state index contributed by atoms with van der Waals surface area (Å²) in [6.45, 7) is 4.74. The molecule has 0 amide bonds. The summed E-state index contributed by atoms with van der Waals surface area (Å²) in [4.78, 5) is 12.9. The molecular formula is C24H31FN4O3S. The second-order valence-electron chi connectivity index (χ2n) is 8.04. The lowest BCUT2D eigenvalue weighted by molar-refractivity contribution is 0.235. The van der Waals surface area contributed by atoms with Gasteiger partial charge >= 0.3 is 0 Å². The van der Waals surface area contributed by atoms with Crippen LogP contribution in [-0.4, -0.2) is 36.2 Å². The van der Waals surface area contributed by atoms with Crippen LogP contribution in [0.2, 0.25) is 0 Å². The van der Waals surface area contributed by atoms with Gasteiger partial charge in [0.1, 0.15) is 17.9 Å². The van der Waals surface area contributed by atoms with Crippen molar-refractivity contribution in [1.82, 2.24) is 15.0 Å². The molecule has 1 heterocycles. The van der Waals surface area contributed by atoms with Crippen LogP contribution in [0.15, 0.2) is 48.8 Å². The monoisotopic (exact) mass is 474 g/mol. The molecule has 0 radical (unpaired) electrons. The normalized spacial score (nSPS) is 12.4. The van der Waals surface area contributed by atoms with E-state index in [1.54, 1.807) is 30.3 Å². The number of ether oxygens (including phenoxy) is 1. The van der Waals surface area contributed by atoms with Gasteiger partial charge in [-0.25, -0.2) is 22.8 Å². The van der Waals surface area contributed by atoms with Gasteiger partial charge in [0.05, 0.1) is 17.9 Å². The highest BCUT2D eigenvalue weighted by atomic mass is 32.2. The summed E-state index contributed by atoms with van der Waals surface area (Å²) in [7, 11) is -3.15. The molecule has 1 aromatic heterocycles. The Balaban J connectivity index is 0.00000408. The zero-order chi connectivity index (χ0) is 23.8. The van der Waals surface area contributed by atoms with Crippen LogP contribution in [0.1, 0.15) is 40.1 Å². The molecule has 1 N–H and O–H groups in total. The van der Waals surface area contributed by atoms with Gasteiger partial charge in [0.2, 0.25) is 5.95 Å². The van der Waals surface area contributed by atoms with E-state index in [9.17, 15) is 12.8 Å². The van der Waals surface area contributed by atoms with Crippen molar-refractivity contribution in [3.63, 3.8) is 0 Å². The first-order chi connectivity index (χ1) is 15.8. The van der Waals surface area contributed by atoms with Crippen LogP contribution in [0.25, 0.3) is 11.4 Å². The first kappa shape index (κ1) is 24.6. The van der Waals surface area contributed by atoms with E-state index in [2.05, 4.69) is 34.1 Å². The lowest BCUT2D eigenvalue weighted by atomic mass is 10.0. The summed E-state index contributed by atoms with van der Waals surface area (Å²) >= 11 is 0. The molecule has 0 aliphatic carbocycles. The van der Waals surface area contributed by atoms with Crippen LogP contribution in [0.5, 0.6) is 5.75 Å². The number of anilines is 2. The summed E-state index contributed by atoms with van der Waals surface area (Å²) in [5, 5.41) is 3.08. The number of nitrogens with zero attached hydrogens (tertiary/aromatic N) is 3. The average molecular weight is 475 g/mol. The Hall–Kier alpha value is -3.07. The van der Waals surface area contributed by atoms with Crippen molar-refractivity contribution in [3.05, 3.63) is 60.2 Å². The Bertz CT molecular complexity index is 1190. The predicted molar refractivity (Wildman–Crippen MR) is 130 cm³/mol. The number of benzene rings is 2. The average Bonchev–Trinajstić information content (AvgIpc) is 2.76. The van der Waals surface area contributed by atoms with E-state index < -0.39 is 15.7 Å². The molecule has 0 fully saturated rings. The molecule has 0 spiro atoms. The minimum atomic E-state index is -3.15. The first-order valence-corrected chi connectivity index (χ1v) is 13.0. The Morgan fingerprint density at radius 1 is 1.15 bits per heavy atom. The Morgan fingerprint density at radius 3 is 2.70 bits per heavy atom. The first-order valence-electron chi connectivity index (χ1n) is 10.9. The van der Waals surface area contributed by atoms with E-state index in [1.807, 2.05) is 0 Å². The highest BCUT2D eigenvalue weighted by Crippen LogP contribution is 2.30. The molecule has 7 nitrogen and oxygen atoms in total. The van der Waals surface area contributed by atoms with E-state index in [4.69, 9.17) is 4.74 Å². The van der Waals surface area contributed by atoms with E-state index in [0.717, 1.165) is 19.3 Å². The molecule has 178 valence electrons. The minimum Gasteiger partial charge on any atom is -0.492 e. The molecule has 1 atom stereocenters. The topological polar surface area (TPSA) is 94.1 Å². The summed E-state index contributed by atoms with van der Waals surface area (Å²) < 4.78 is 43.1. The van der Waals surface area contributed by atoms with E-state index in [0.29, 0.717) is 40.9 Å². The Morgan fingerprint density at radius 2 is 1.97 bits per heavy atom. The van der Waals surface area contributed by atoms with Crippen molar-refractivity contribution in [2.24, 2.45) is 5.92 Å². The van der Waals surface area contributed by atoms with Crippen molar-refractivity contribution >= 4 is 21.5 Å². The van der Waals surface area contributed by atoms with Crippen LogP contribution in [0.4, 0.5) is 16.0 Å².